The van der Waals surface area contributed by atoms with Gasteiger partial charge in [-0.2, -0.15) is 0 Å². The van der Waals surface area contributed by atoms with E-state index in [1.54, 1.807) is 31.1 Å². The van der Waals surface area contributed by atoms with Crippen LogP contribution >= 0.6 is 11.6 Å². The van der Waals surface area contributed by atoms with Gasteiger partial charge in [0.1, 0.15) is 0 Å². The Bertz CT molecular complexity index is 505. The number of nitrogens with zero attached hydrogens (tertiary/aromatic N) is 1. The molecule has 1 N–H and O–H groups in total. The zero-order valence-corrected chi connectivity index (χ0v) is 13.6. The van der Waals surface area contributed by atoms with Crippen LogP contribution < -0.4 is 5.32 Å². The standard InChI is InChI=1S/C16H23ClN2O2/c1-4-13-10-12(7-8-21-13)18-15-9-11(5-6-14(15)17)16(20)19(2)3/h5-6,9,12-13,18H,4,7-8,10H2,1-3H3. The molecule has 4 nitrogen and oxygen atoms in total. The summed E-state index contributed by atoms with van der Waals surface area (Å²) in [5, 5.41) is 4.11. The molecule has 0 spiro atoms. The minimum Gasteiger partial charge on any atom is -0.381 e. The average molecular weight is 311 g/mol. The van der Waals surface area contributed by atoms with Gasteiger partial charge in [0, 0.05) is 32.3 Å². The Morgan fingerprint density at radius 2 is 2.24 bits per heavy atom. The summed E-state index contributed by atoms with van der Waals surface area (Å²) in [6, 6.07) is 5.71. The summed E-state index contributed by atoms with van der Waals surface area (Å²) in [6.45, 7) is 2.90. The van der Waals surface area contributed by atoms with Gasteiger partial charge in [-0.3, -0.25) is 4.79 Å². The molecule has 1 amide bonds. The molecule has 1 aromatic rings. The summed E-state index contributed by atoms with van der Waals surface area (Å²) < 4.78 is 5.68. The van der Waals surface area contributed by atoms with E-state index < -0.39 is 0 Å². The molecule has 0 aliphatic carbocycles. The van der Waals surface area contributed by atoms with Crippen LogP contribution in [-0.4, -0.2) is 43.7 Å². The van der Waals surface area contributed by atoms with Crippen molar-refractivity contribution in [3.05, 3.63) is 28.8 Å². The van der Waals surface area contributed by atoms with Crippen LogP contribution in [0.1, 0.15) is 36.5 Å². The SMILES string of the molecule is CCC1CC(Nc2cc(C(=O)N(C)C)ccc2Cl)CCO1. The second kappa shape index (κ2) is 7.14. The minimum absolute atomic E-state index is 0.0203. The van der Waals surface area contributed by atoms with Crippen molar-refractivity contribution in [2.45, 2.75) is 38.3 Å². The lowest BCUT2D eigenvalue weighted by Crippen LogP contribution is -2.33. The fraction of sp³-hybridized carbons (Fsp3) is 0.562. The van der Waals surface area contributed by atoms with Crippen molar-refractivity contribution in [3.63, 3.8) is 0 Å². The van der Waals surface area contributed by atoms with Crippen LogP contribution in [0, 0.1) is 0 Å². The van der Waals surface area contributed by atoms with Crippen LogP contribution in [0.2, 0.25) is 5.02 Å². The van der Waals surface area contributed by atoms with Gasteiger partial charge in [-0.15, -0.1) is 0 Å². The van der Waals surface area contributed by atoms with E-state index in [1.807, 2.05) is 6.07 Å². The van der Waals surface area contributed by atoms with Gasteiger partial charge in [0.15, 0.2) is 0 Å². The van der Waals surface area contributed by atoms with Gasteiger partial charge in [-0.25, -0.2) is 0 Å². The molecule has 2 atom stereocenters. The molecule has 0 bridgehead atoms. The molecule has 21 heavy (non-hydrogen) atoms. The Balaban J connectivity index is 2.12. The predicted molar refractivity (Wildman–Crippen MR) is 86.1 cm³/mol. The number of halogens is 1. The van der Waals surface area contributed by atoms with Gasteiger partial charge in [0.05, 0.1) is 16.8 Å². The number of carbonyl (C=O) groups excluding carboxylic acids is 1. The molecule has 1 saturated heterocycles. The number of hydrogen-bond acceptors (Lipinski definition) is 3. The van der Waals surface area contributed by atoms with Crippen molar-refractivity contribution >= 4 is 23.2 Å². The maximum Gasteiger partial charge on any atom is 0.253 e. The highest BCUT2D eigenvalue weighted by Gasteiger charge is 2.22. The molecule has 0 saturated carbocycles. The molecular weight excluding hydrogens is 288 g/mol. The minimum atomic E-state index is -0.0203. The summed E-state index contributed by atoms with van der Waals surface area (Å²) in [5.41, 5.74) is 1.47. The second-order valence-corrected chi connectivity index (χ2v) is 6.07. The number of carbonyl (C=O) groups is 1. The maximum absolute atomic E-state index is 12.0. The number of ether oxygens (including phenoxy) is 1. The first-order chi connectivity index (χ1) is 10.0. The first-order valence-electron chi connectivity index (χ1n) is 7.40. The van der Waals surface area contributed by atoms with Crippen molar-refractivity contribution in [2.75, 3.05) is 26.0 Å². The molecule has 2 unspecified atom stereocenters. The predicted octanol–water partition coefficient (Wildman–Crippen LogP) is 3.41. The molecular formula is C16H23ClN2O2. The van der Waals surface area contributed by atoms with Gasteiger partial charge in [0.2, 0.25) is 0 Å². The van der Waals surface area contributed by atoms with Gasteiger partial charge >= 0.3 is 0 Å². The fourth-order valence-corrected chi connectivity index (χ4v) is 2.71. The highest BCUT2D eigenvalue weighted by atomic mass is 35.5. The van der Waals surface area contributed by atoms with E-state index in [4.69, 9.17) is 16.3 Å². The number of nitrogens with one attached hydrogen (secondary N) is 1. The van der Waals surface area contributed by atoms with Crippen LogP contribution in [-0.2, 0) is 4.74 Å². The fourth-order valence-electron chi connectivity index (χ4n) is 2.54. The van der Waals surface area contributed by atoms with Crippen LogP contribution in [0.15, 0.2) is 18.2 Å². The Labute approximate surface area is 131 Å². The summed E-state index contributed by atoms with van der Waals surface area (Å²) in [5.74, 6) is -0.0203. The molecule has 0 aromatic heterocycles. The molecule has 0 radical (unpaired) electrons. The Morgan fingerprint density at radius 1 is 1.48 bits per heavy atom. The largest absolute Gasteiger partial charge is 0.381 e. The topological polar surface area (TPSA) is 41.6 Å². The van der Waals surface area contributed by atoms with Gasteiger partial charge in [-0.05, 0) is 37.5 Å². The molecule has 1 heterocycles. The van der Waals surface area contributed by atoms with E-state index in [0.29, 0.717) is 22.7 Å². The lowest BCUT2D eigenvalue weighted by Gasteiger charge is -2.30. The summed E-state index contributed by atoms with van der Waals surface area (Å²) >= 11 is 6.25. The molecule has 1 aliphatic rings. The number of benzene rings is 1. The normalized spacial score (nSPS) is 21.9. The maximum atomic E-state index is 12.0. The third kappa shape index (κ3) is 4.11. The summed E-state index contributed by atoms with van der Waals surface area (Å²) in [6.07, 6.45) is 3.25. The molecule has 1 aromatic carbocycles. The van der Waals surface area contributed by atoms with E-state index >= 15 is 0 Å². The van der Waals surface area contributed by atoms with E-state index in [2.05, 4.69) is 12.2 Å². The van der Waals surface area contributed by atoms with E-state index in [0.717, 1.165) is 31.6 Å². The lowest BCUT2D eigenvalue weighted by atomic mass is 10.0. The summed E-state index contributed by atoms with van der Waals surface area (Å²) in [4.78, 5) is 13.6. The molecule has 2 rings (SSSR count). The van der Waals surface area contributed by atoms with Crippen LogP contribution in [0.3, 0.4) is 0 Å². The van der Waals surface area contributed by atoms with Crippen molar-refractivity contribution < 1.29 is 9.53 Å². The van der Waals surface area contributed by atoms with Gasteiger partial charge in [-0.1, -0.05) is 18.5 Å². The van der Waals surface area contributed by atoms with Gasteiger partial charge in [0.25, 0.3) is 5.91 Å². The van der Waals surface area contributed by atoms with Crippen molar-refractivity contribution in [3.8, 4) is 0 Å². The van der Waals surface area contributed by atoms with Crippen molar-refractivity contribution in [1.82, 2.24) is 4.90 Å². The third-order valence-electron chi connectivity index (χ3n) is 3.80. The van der Waals surface area contributed by atoms with Crippen LogP contribution in [0.5, 0.6) is 0 Å². The molecule has 1 fully saturated rings. The van der Waals surface area contributed by atoms with Crippen LogP contribution in [0.25, 0.3) is 0 Å². The number of anilines is 1. The third-order valence-corrected chi connectivity index (χ3v) is 4.13. The number of rotatable bonds is 4. The Kier molecular flexibility index (Phi) is 5.48. The quantitative estimate of drug-likeness (QED) is 0.926. The summed E-state index contributed by atoms with van der Waals surface area (Å²) in [7, 11) is 3.49. The molecule has 1 aliphatic heterocycles. The van der Waals surface area contributed by atoms with E-state index in [-0.39, 0.29) is 5.91 Å². The van der Waals surface area contributed by atoms with Gasteiger partial charge < -0.3 is 15.0 Å². The molecule has 5 heteroatoms. The van der Waals surface area contributed by atoms with E-state index in [1.165, 1.54) is 0 Å². The first-order valence-corrected chi connectivity index (χ1v) is 7.78. The number of hydrogen-bond donors (Lipinski definition) is 1. The second-order valence-electron chi connectivity index (χ2n) is 5.66. The molecule has 116 valence electrons. The smallest absolute Gasteiger partial charge is 0.253 e. The highest BCUT2D eigenvalue weighted by Crippen LogP contribution is 2.27. The zero-order chi connectivity index (χ0) is 15.4. The first kappa shape index (κ1) is 16.1. The zero-order valence-electron chi connectivity index (χ0n) is 12.9. The lowest BCUT2D eigenvalue weighted by molar-refractivity contribution is 0.00925. The van der Waals surface area contributed by atoms with Crippen molar-refractivity contribution in [2.24, 2.45) is 0 Å². The highest BCUT2D eigenvalue weighted by molar-refractivity contribution is 6.33. The Morgan fingerprint density at radius 3 is 2.90 bits per heavy atom. The Hall–Kier alpha value is -1.26. The van der Waals surface area contributed by atoms with Crippen molar-refractivity contribution in [1.29, 1.82) is 0 Å². The monoisotopic (exact) mass is 310 g/mol. The van der Waals surface area contributed by atoms with E-state index in [9.17, 15) is 4.79 Å². The van der Waals surface area contributed by atoms with Crippen LogP contribution in [0.4, 0.5) is 5.69 Å². The average Bonchev–Trinajstić information content (AvgIpc) is 2.49. The number of amides is 1.